The minimum absolute atomic E-state index is 0.169. The van der Waals surface area contributed by atoms with Gasteiger partial charge >= 0.3 is 6.09 Å². The molecule has 4 nitrogen and oxygen atoms in total. The van der Waals surface area contributed by atoms with Crippen molar-refractivity contribution in [3.63, 3.8) is 0 Å². The van der Waals surface area contributed by atoms with E-state index in [0.717, 1.165) is 44.3 Å². The molecule has 21 heavy (non-hydrogen) atoms. The predicted octanol–water partition coefficient (Wildman–Crippen LogP) is 3.40. The highest BCUT2D eigenvalue weighted by Crippen LogP contribution is 2.43. The van der Waals surface area contributed by atoms with Crippen LogP contribution >= 0.6 is 15.9 Å². The van der Waals surface area contributed by atoms with Crippen LogP contribution in [-0.2, 0) is 4.74 Å². The lowest BCUT2D eigenvalue weighted by atomic mass is 10.2. The smallest absolute Gasteiger partial charge is 0.410 e. The van der Waals surface area contributed by atoms with Crippen molar-refractivity contribution in [2.75, 3.05) is 19.6 Å². The SMILES string of the molecule is CC1CC1C(Br)CNCC1CCCN1C(=O)OC(C)(C)C. The van der Waals surface area contributed by atoms with Crippen LogP contribution in [-0.4, -0.2) is 47.1 Å². The highest BCUT2D eigenvalue weighted by molar-refractivity contribution is 9.09. The van der Waals surface area contributed by atoms with E-state index in [2.05, 4.69) is 28.2 Å². The molecule has 4 unspecified atom stereocenters. The van der Waals surface area contributed by atoms with Gasteiger partial charge in [0.25, 0.3) is 0 Å². The lowest BCUT2D eigenvalue weighted by Crippen LogP contribution is -2.44. The summed E-state index contributed by atoms with van der Waals surface area (Å²) in [4.78, 5) is 14.6. The van der Waals surface area contributed by atoms with Crippen molar-refractivity contribution in [2.24, 2.45) is 11.8 Å². The Morgan fingerprint density at radius 2 is 2.14 bits per heavy atom. The molecule has 2 aliphatic rings. The summed E-state index contributed by atoms with van der Waals surface area (Å²) >= 11 is 3.77. The Morgan fingerprint density at radius 3 is 2.71 bits per heavy atom. The molecule has 0 aromatic carbocycles. The zero-order valence-electron chi connectivity index (χ0n) is 13.7. The van der Waals surface area contributed by atoms with Gasteiger partial charge in [-0.3, -0.25) is 0 Å². The van der Waals surface area contributed by atoms with Crippen molar-refractivity contribution in [3.8, 4) is 0 Å². The summed E-state index contributed by atoms with van der Waals surface area (Å²) in [7, 11) is 0. The molecule has 4 atom stereocenters. The number of nitrogens with one attached hydrogen (secondary N) is 1. The molecule has 5 heteroatoms. The number of likely N-dealkylation sites (tertiary alicyclic amines) is 1. The first kappa shape index (κ1) is 17.1. The molecule has 1 aliphatic carbocycles. The summed E-state index contributed by atoms with van der Waals surface area (Å²) in [5.41, 5.74) is -0.416. The number of carbonyl (C=O) groups excluding carboxylic acids is 1. The second-order valence-corrected chi connectivity index (χ2v) is 8.70. The molecule has 0 bridgehead atoms. The Kier molecular flexibility index (Phi) is 5.58. The molecule has 1 saturated carbocycles. The third kappa shape index (κ3) is 5.13. The summed E-state index contributed by atoms with van der Waals surface area (Å²) in [6.45, 7) is 10.7. The molecule has 1 saturated heterocycles. The first-order valence-electron chi connectivity index (χ1n) is 8.12. The van der Waals surface area contributed by atoms with E-state index in [0.29, 0.717) is 4.83 Å². The molecule has 1 aliphatic heterocycles. The molecular formula is C16H29BrN2O2. The third-order valence-electron chi connectivity index (χ3n) is 4.36. The molecule has 0 aromatic heterocycles. The summed E-state index contributed by atoms with van der Waals surface area (Å²) in [6.07, 6.45) is 3.31. The van der Waals surface area contributed by atoms with Crippen molar-refractivity contribution >= 4 is 22.0 Å². The van der Waals surface area contributed by atoms with Gasteiger partial charge in [-0.15, -0.1) is 0 Å². The number of nitrogens with zero attached hydrogens (tertiary/aromatic N) is 1. The Labute approximate surface area is 137 Å². The molecule has 0 radical (unpaired) electrons. The highest BCUT2D eigenvalue weighted by atomic mass is 79.9. The van der Waals surface area contributed by atoms with Gasteiger partial charge in [0.15, 0.2) is 0 Å². The van der Waals surface area contributed by atoms with Gasteiger partial charge in [0.2, 0.25) is 0 Å². The highest BCUT2D eigenvalue weighted by Gasteiger charge is 2.38. The van der Waals surface area contributed by atoms with E-state index in [9.17, 15) is 4.79 Å². The minimum Gasteiger partial charge on any atom is -0.444 e. The fourth-order valence-corrected chi connectivity index (χ4v) is 3.97. The molecule has 0 aromatic rings. The summed E-state index contributed by atoms with van der Waals surface area (Å²) < 4.78 is 5.49. The number of amides is 1. The summed E-state index contributed by atoms with van der Waals surface area (Å²) in [5.74, 6) is 1.68. The molecular weight excluding hydrogens is 332 g/mol. The number of rotatable bonds is 5. The van der Waals surface area contributed by atoms with Crippen LogP contribution in [0, 0.1) is 11.8 Å². The van der Waals surface area contributed by atoms with Crippen LogP contribution in [0.15, 0.2) is 0 Å². The Balaban J connectivity index is 1.73. The summed E-state index contributed by atoms with van der Waals surface area (Å²) in [5, 5.41) is 3.52. The third-order valence-corrected chi connectivity index (χ3v) is 5.36. The maximum atomic E-state index is 12.2. The van der Waals surface area contributed by atoms with Crippen molar-refractivity contribution in [1.29, 1.82) is 0 Å². The van der Waals surface area contributed by atoms with E-state index in [1.807, 2.05) is 25.7 Å². The van der Waals surface area contributed by atoms with E-state index in [-0.39, 0.29) is 12.1 Å². The van der Waals surface area contributed by atoms with Gasteiger partial charge in [-0.05, 0) is 51.9 Å². The molecule has 2 rings (SSSR count). The predicted molar refractivity (Wildman–Crippen MR) is 88.8 cm³/mol. The number of alkyl halides is 1. The van der Waals surface area contributed by atoms with Gasteiger partial charge in [-0.1, -0.05) is 22.9 Å². The fraction of sp³-hybridized carbons (Fsp3) is 0.938. The molecule has 1 heterocycles. The second-order valence-electron chi connectivity index (χ2n) is 7.52. The van der Waals surface area contributed by atoms with Gasteiger partial charge in [0.1, 0.15) is 5.60 Å². The number of ether oxygens (including phenoxy) is 1. The molecule has 122 valence electrons. The zero-order valence-corrected chi connectivity index (χ0v) is 15.3. The van der Waals surface area contributed by atoms with Crippen molar-refractivity contribution < 1.29 is 9.53 Å². The average molecular weight is 361 g/mol. The topological polar surface area (TPSA) is 41.6 Å². The standard InChI is InChI=1S/C16H29BrN2O2/c1-11-8-13(11)14(17)10-18-9-12-6-5-7-19(12)15(20)21-16(2,3)4/h11-14,18H,5-10H2,1-4H3. The Bertz CT molecular complexity index is 370. The van der Waals surface area contributed by atoms with E-state index >= 15 is 0 Å². The Hall–Kier alpha value is -0.290. The molecule has 1 amide bonds. The first-order valence-corrected chi connectivity index (χ1v) is 9.04. The van der Waals surface area contributed by atoms with Crippen LogP contribution in [0.3, 0.4) is 0 Å². The maximum absolute atomic E-state index is 12.2. The maximum Gasteiger partial charge on any atom is 0.410 e. The van der Waals surface area contributed by atoms with Crippen LogP contribution in [0.2, 0.25) is 0 Å². The number of hydrogen-bond acceptors (Lipinski definition) is 3. The summed E-state index contributed by atoms with van der Waals surface area (Å²) in [6, 6.07) is 0.274. The van der Waals surface area contributed by atoms with Gasteiger partial charge in [0.05, 0.1) is 0 Å². The van der Waals surface area contributed by atoms with E-state index in [4.69, 9.17) is 4.74 Å². The normalized spacial score (nSPS) is 30.3. The van der Waals surface area contributed by atoms with Crippen LogP contribution in [0.4, 0.5) is 4.79 Å². The average Bonchev–Trinajstić information content (AvgIpc) is 2.90. The van der Waals surface area contributed by atoms with Crippen molar-refractivity contribution in [2.45, 2.75) is 63.4 Å². The van der Waals surface area contributed by atoms with Crippen LogP contribution in [0.5, 0.6) is 0 Å². The molecule has 2 fully saturated rings. The zero-order chi connectivity index (χ0) is 15.6. The van der Waals surface area contributed by atoms with Crippen molar-refractivity contribution in [3.05, 3.63) is 0 Å². The molecule has 1 N–H and O–H groups in total. The van der Waals surface area contributed by atoms with Gasteiger partial charge in [0, 0.05) is 30.5 Å². The number of carbonyl (C=O) groups is 1. The second kappa shape index (κ2) is 6.86. The number of hydrogen-bond donors (Lipinski definition) is 1. The van der Waals surface area contributed by atoms with Gasteiger partial charge in [-0.2, -0.15) is 0 Å². The molecule has 0 spiro atoms. The van der Waals surface area contributed by atoms with E-state index < -0.39 is 5.60 Å². The van der Waals surface area contributed by atoms with Gasteiger partial charge < -0.3 is 15.0 Å². The van der Waals surface area contributed by atoms with Crippen LogP contribution in [0.25, 0.3) is 0 Å². The quantitative estimate of drug-likeness (QED) is 0.764. The van der Waals surface area contributed by atoms with E-state index in [1.165, 1.54) is 6.42 Å². The lowest BCUT2D eigenvalue weighted by molar-refractivity contribution is 0.0227. The monoisotopic (exact) mass is 360 g/mol. The van der Waals surface area contributed by atoms with Crippen molar-refractivity contribution in [1.82, 2.24) is 10.2 Å². The minimum atomic E-state index is -0.416. The van der Waals surface area contributed by atoms with Crippen LogP contribution in [0.1, 0.15) is 47.0 Å². The number of halogens is 1. The largest absolute Gasteiger partial charge is 0.444 e. The lowest BCUT2D eigenvalue weighted by Gasteiger charge is -2.29. The van der Waals surface area contributed by atoms with E-state index in [1.54, 1.807) is 0 Å². The first-order chi connectivity index (χ1) is 9.78. The fourth-order valence-electron chi connectivity index (χ4n) is 3.00. The Morgan fingerprint density at radius 1 is 1.48 bits per heavy atom. The van der Waals surface area contributed by atoms with Crippen LogP contribution < -0.4 is 5.32 Å². The van der Waals surface area contributed by atoms with Gasteiger partial charge in [-0.25, -0.2) is 4.79 Å².